The van der Waals surface area contributed by atoms with Crippen molar-refractivity contribution in [3.63, 3.8) is 0 Å². The number of pyridine rings is 1. The van der Waals surface area contributed by atoms with Crippen LogP contribution in [-0.2, 0) is 9.53 Å². The fourth-order valence-electron chi connectivity index (χ4n) is 3.32. The summed E-state index contributed by atoms with van der Waals surface area (Å²) in [4.78, 5) is 41.5. The Labute approximate surface area is 190 Å². The molecule has 170 valence electrons. The molecule has 0 spiro atoms. The molecule has 1 aliphatic heterocycles. The summed E-state index contributed by atoms with van der Waals surface area (Å²) < 4.78 is 16.1. The van der Waals surface area contributed by atoms with Crippen LogP contribution in [0, 0.1) is 0 Å². The number of amides is 3. The van der Waals surface area contributed by atoms with E-state index in [0.29, 0.717) is 46.9 Å². The van der Waals surface area contributed by atoms with Gasteiger partial charge in [-0.05, 0) is 30.2 Å². The number of rotatable bonds is 5. The van der Waals surface area contributed by atoms with Gasteiger partial charge in [-0.3, -0.25) is 15.1 Å². The first-order chi connectivity index (χ1) is 15.9. The van der Waals surface area contributed by atoms with Crippen LogP contribution in [0.2, 0.25) is 0 Å². The van der Waals surface area contributed by atoms with Gasteiger partial charge in [0.15, 0.2) is 18.1 Å². The standard InChI is InChI=1S/C24H23N3O6/c1-14(2)19-12-17(16-5-3-4-6-18(16)26-19)23(29)33-13-22(28)27-24(30)25-15-7-8-20-21(11-15)32-10-9-31-20/h3-8,11-12,14H,9-10,13H2,1-2H3,(H2,25,27,28,30). The summed E-state index contributed by atoms with van der Waals surface area (Å²) in [5.41, 5.74) is 2.15. The Kier molecular flexibility index (Phi) is 6.39. The molecule has 2 aromatic carbocycles. The van der Waals surface area contributed by atoms with Crippen molar-refractivity contribution in [1.29, 1.82) is 0 Å². The Morgan fingerprint density at radius 2 is 1.79 bits per heavy atom. The highest BCUT2D eigenvalue weighted by Crippen LogP contribution is 2.32. The highest BCUT2D eigenvalue weighted by Gasteiger charge is 2.18. The third kappa shape index (κ3) is 5.20. The van der Waals surface area contributed by atoms with E-state index in [9.17, 15) is 14.4 Å². The molecule has 9 heteroatoms. The van der Waals surface area contributed by atoms with E-state index in [1.807, 2.05) is 26.0 Å². The summed E-state index contributed by atoms with van der Waals surface area (Å²) in [6.45, 7) is 4.21. The molecule has 3 amide bonds. The lowest BCUT2D eigenvalue weighted by Crippen LogP contribution is -2.37. The third-order valence-corrected chi connectivity index (χ3v) is 4.93. The second-order valence-electron chi connectivity index (χ2n) is 7.70. The summed E-state index contributed by atoms with van der Waals surface area (Å²) in [5, 5.41) is 5.29. The number of ether oxygens (including phenoxy) is 3. The molecule has 0 fully saturated rings. The molecule has 0 bridgehead atoms. The maximum atomic E-state index is 12.7. The van der Waals surface area contributed by atoms with Gasteiger partial charge in [-0.1, -0.05) is 32.0 Å². The molecule has 2 N–H and O–H groups in total. The maximum absolute atomic E-state index is 12.7. The molecule has 0 atom stereocenters. The first kappa shape index (κ1) is 22.1. The largest absolute Gasteiger partial charge is 0.486 e. The Balaban J connectivity index is 1.36. The normalized spacial score (nSPS) is 12.3. The second-order valence-corrected chi connectivity index (χ2v) is 7.70. The van der Waals surface area contributed by atoms with E-state index in [4.69, 9.17) is 14.2 Å². The second kappa shape index (κ2) is 9.56. The smallest absolute Gasteiger partial charge is 0.339 e. The fraction of sp³-hybridized carbons (Fsp3) is 0.250. The molecule has 33 heavy (non-hydrogen) atoms. The average Bonchev–Trinajstić information content (AvgIpc) is 2.81. The lowest BCUT2D eigenvalue weighted by Gasteiger charge is -2.19. The number of para-hydroxylation sites is 1. The molecule has 1 aromatic heterocycles. The zero-order valence-electron chi connectivity index (χ0n) is 18.2. The highest BCUT2D eigenvalue weighted by molar-refractivity contribution is 6.05. The van der Waals surface area contributed by atoms with Gasteiger partial charge in [0.1, 0.15) is 13.2 Å². The van der Waals surface area contributed by atoms with Gasteiger partial charge in [0.05, 0.1) is 11.1 Å². The number of imide groups is 1. The van der Waals surface area contributed by atoms with E-state index in [1.54, 1.807) is 36.4 Å². The third-order valence-electron chi connectivity index (χ3n) is 4.93. The van der Waals surface area contributed by atoms with Gasteiger partial charge in [-0.25, -0.2) is 9.59 Å². The number of urea groups is 1. The van der Waals surface area contributed by atoms with Gasteiger partial charge in [-0.15, -0.1) is 0 Å². The Morgan fingerprint density at radius 3 is 2.58 bits per heavy atom. The summed E-state index contributed by atoms with van der Waals surface area (Å²) in [6.07, 6.45) is 0. The van der Waals surface area contributed by atoms with Gasteiger partial charge in [0.25, 0.3) is 5.91 Å². The Morgan fingerprint density at radius 1 is 1.03 bits per heavy atom. The number of aromatic nitrogens is 1. The maximum Gasteiger partial charge on any atom is 0.339 e. The van der Waals surface area contributed by atoms with E-state index < -0.39 is 24.5 Å². The van der Waals surface area contributed by atoms with Crippen molar-refractivity contribution in [2.45, 2.75) is 19.8 Å². The molecule has 4 rings (SSSR count). The van der Waals surface area contributed by atoms with Crippen molar-refractivity contribution in [2.75, 3.05) is 25.1 Å². The van der Waals surface area contributed by atoms with Crippen LogP contribution in [0.15, 0.2) is 48.5 Å². The van der Waals surface area contributed by atoms with Crippen LogP contribution < -0.4 is 20.1 Å². The van der Waals surface area contributed by atoms with Crippen molar-refractivity contribution in [3.8, 4) is 11.5 Å². The van der Waals surface area contributed by atoms with E-state index in [-0.39, 0.29) is 5.92 Å². The summed E-state index contributed by atoms with van der Waals surface area (Å²) in [6, 6.07) is 13.0. The zero-order valence-corrected chi connectivity index (χ0v) is 18.2. The van der Waals surface area contributed by atoms with Crippen LogP contribution in [0.1, 0.15) is 35.8 Å². The molecule has 0 saturated heterocycles. The van der Waals surface area contributed by atoms with E-state index in [1.165, 1.54) is 0 Å². The zero-order chi connectivity index (χ0) is 23.4. The molecule has 0 radical (unpaired) electrons. The van der Waals surface area contributed by atoms with Crippen LogP contribution in [0.25, 0.3) is 10.9 Å². The van der Waals surface area contributed by atoms with Crippen LogP contribution in [0.3, 0.4) is 0 Å². The minimum Gasteiger partial charge on any atom is -0.486 e. The van der Waals surface area contributed by atoms with Crippen LogP contribution in [0.5, 0.6) is 11.5 Å². The van der Waals surface area contributed by atoms with Gasteiger partial charge < -0.3 is 19.5 Å². The topological polar surface area (TPSA) is 116 Å². The van der Waals surface area contributed by atoms with Crippen LogP contribution in [-0.4, -0.2) is 42.7 Å². The summed E-state index contributed by atoms with van der Waals surface area (Å²) in [7, 11) is 0. The molecular weight excluding hydrogens is 426 g/mol. The van der Waals surface area contributed by atoms with E-state index in [0.717, 1.165) is 5.69 Å². The van der Waals surface area contributed by atoms with E-state index in [2.05, 4.69) is 15.6 Å². The molecule has 0 saturated carbocycles. The molecule has 9 nitrogen and oxygen atoms in total. The predicted octanol–water partition coefficient (Wildman–Crippen LogP) is 3.63. The van der Waals surface area contributed by atoms with Gasteiger partial charge >= 0.3 is 12.0 Å². The molecule has 0 aliphatic carbocycles. The van der Waals surface area contributed by atoms with Crippen molar-refractivity contribution in [3.05, 3.63) is 59.8 Å². The molecule has 1 aliphatic rings. The quantitative estimate of drug-likeness (QED) is 0.572. The van der Waals surface area contributed by atoms with Crippen LogP contribution >= 0.6 is 0 Å². The number of carbonyl (C=O) groups excluding carboxylic acids is 3. The van der Waals surface area contributed by atoms with Crippen molar-refractivity contribution >= 4 is 34.5 Å². The number of hydrogen-bond donors (Lipinski definition) is 2. The summed E-state index contributed by atoms with van der Waals surface area (Å²) in [5.74, 6) is -0.239. The predicted molar refractivity (Wildman–Crippen MR) is 121 cm³/mol. The lowest BCUT2D eigenvalue weighted by molar-refractivity contribution is -0.123. The Hall–Kier alpha value is -4.14. The lowest BCUT2D eigenvalue weighted by atomic mass is 10.0. The van der Waals surface area contributed by atoms with Gasteiger partial charge in [0.2, 0.25) is 0 Å². The van der Waals surface area contributed by atoms with Gasteiger partial charge in [-0.2, -0.15) is 0 Å². The number of carbonyl (C=O) groups is 3. The van der Waals surface area contributed by atoms with E-state index >= 15 is 0 Å². The number of nitrogens with zero attached hydrogens (tertiary/aromatic N) is 1. The number of esters is 1. The molecule has 2 heterocycles. The molecular formula is C24H23N3O6. The van der Waals surface area contributed by atoms with Gasteiger partial charge in [0, 0.05) is 22.8 Å². The van der Waals surface area contributed by atoms with Crippen molar-refractivity contribution in [1.82, 2.24) is 10.3 Å². The SMILES string of the molecule is CC(C)c1cc(C(=O)OCC(=O)NC(=O)Nc2ccc3c(c2)OCCO3)c2ccccc2n1. The number of hydrogen-bond acceptors (Lipinski definition) is 7. The minimum atomic E-state index is -0.763. The number of fused-ring (bicyclic) bond motifs is 2. The number of nitrogens with one attached hydrogen (secondary N) is 2. The number of benzene rings is 2. The monoisotopic (exact) mass is 449 g/mol. The number of anilines is 1. The summed E-state index contributed by atoms with van der Waals surface area (Å²) >= 11 is 0. The molecule has 3 aromatic rings. The molecule has 0 unspecified atom stereocenters. The van der Waals surface area contributed by atoms with Crippen LogP contribution in [0.4, 0.5) is 10.5 Å². The van der Waals surface area contributed by atoms with Crippen molar-refractivity contribution in [2.24, 2.45) is 0 Å². The minimum absolute atomic E-state index is 0.105. The average molecular weight is 449 g/mol. The van der Waals surface area contributed by atoms with Crippen molar-refractivity contribution < 1.29 is 28.6 Å². The highest BCUT2D eigenvalue weighted by atomic mass is 16.6. The first-order valence-electron chi connectivity index (χ1n) is 10.5. The fourth-order valence-corrected chi connectivity index (χ4v) is 3.32. The Bertz CT molecular complexity index is 1220. The first-order valence-corrected chi connectivity index (χ1v) is 10.5.